The van der Waals surface area contributed by atoms with Crippen LogP contribution in [0, 0.1) is 0 Å². The number of thiophene rings is 1. The van der Waals surface area contributed by atoms with E-state index in [0.29, 0.717) is 6.04 Å². The maximum absolute atomic E-state index is 6.06. The zero-order valence-corrected chi connectivity index (χ0v) is 9.50. The van der Waals surface area contributed by atoms with Crippen LogP contribution in [0.2, 0.25) is 4.34 Å². The zero-order chi connectivity index (χ0) is 9.54. The second kappa shape index (κ2) is 3.49. The number of hydrogen-bond acceptors (Lipinski definition) is 3. The van der Waals surface area contributed by atoms with Gasteiger partial charge >= 0.3 is 0 Å². The van der Waals surface area contributed by atoms with Crippen LogP contribution in [0.3, 0.4) is 0 Å². The summed E-state index contributed by atoms with van der Waals surface area (Å²) in [6.45, 7) is 4.60. The summed E-state index contributed by atoms with van der Waals surface area (Å²) in [7, 11) is 0. The lowest BCUT2D eigenvalue weighted by molar-refractivity contribution is 0.155. The van der Waals surface area contributed by atoms with Crippen molar-refractivity contribution >= 4 is 22.9 Å². The van der Waals surface area contributed by atoms with Gasteiger partial charge in [0.15, 0.2) is 0 Å². The Morgan fingerprint density at radius 3 is 3.36 bits per heavy atom. The van der Waals surface area contributed by atoms with E-state index in [1.807, 2.05) is 0 Å². The predicted octanol–water partition coefficient (Wildman–Crippen LogP) is 1.90. The molecule has 14 heavy (non-hydrogen) atoms. The van der Waals surface area contributed by atoms with Gasteiger partial charge in [-0.2, -0.15) is 0 Å². The number of halogens is 1. The molecule has 0 bridgehead atoms. The number of fused-ring (bicyclic) bond motifs is 3. The second-order valence-electron chi connectivity index (χ2n) is 3.95. The topological polar surface area (TPSA) is 15.3 Å². The molecule has 0 amide bonds. The van der Waals surface area contributed by atoms with E-state index in [9.17, 15) is 0 Å². The van der Waals surface area contributed by atoms with E-state index in [1.165, 1.54) is 30.0 Å². The van der Waals surface area contributed by atoms with E-state index < -0.39 is 0 Å². The Balaban J connectivity index is 1.98. The molecular formula is C10H13ClN2S. The first-order chi connectivity index (χ1) is 6.84. The maximum Gasteiger partial charge on any atom is 0.0934 e. The Morgan fingerprint density at radius 1 is 1.50 bits per heavy atom. The molecule has 0 radical (unpaired) electrons. The van der Waals surface area contributed by atoms with Crippen molar-refractivity contribution < 1.29 is 0 Å². The smallest absolute Gasteiger partial charge is 0.0934 e. The molecule has 2 aliphatic heterocycles. The fourth-order valence-corrected chi connectivity index (χ4v) is 3.88. The molecule has 1 aromatic heterocycles. The third-order valence-corrected chi connectivity index (χ3v) is 4.54. The molecule has 1 aromatic rings. The SMILES string of the molecule is Clc1cc2c(s1)C1CNCCN1CC2. The van der Waals surface area contributed by atoms with Crippen molar-refractivity contribution in [3.05, 3.63) is 20.8 Å². The Hall–Kier alpha value is -0.0900. The van der Waals surface area contributed by atoms with Crippen LogP contribution >= 0.6 is 22.9 Å². The largest absolute Gasteiger partial charge is 0.314 e. The molecule has 1 atom stereocenters. The highest BCUT2D eigenvalue weighted by Crippen LogP contribution is 2.38. The molecule has 1 unspecified atom stereocenters. The lowest BCUT2D eigenvalue weighted by atomic mass is 10.0. The van der Waals surface area contributed by atoms with Crippen molar-refractivity contribution in [2.45, 2.75) is 12.5 Å². The summed E-state index contributed by atoms with van der Waals surface area (Å²) in [6, 6.07) is 2.73. The van der Waals surface area contributed by atoms with Crippen molar-refractivity contribution in [2.24, 2.45) is 0 Å². The summed E-state index contributed by atoms with van der Waals surface area (Å²) in [5, 5.41) is 3.46. The molecule has 0 aliphatic carbocycles. The highest BCUT2D eigenvalue weighted by Gasteiger charge is 2.30. The van der Waals surface area contributed by atoms with E-state index in [2.05, 4.69) is 16.3 Å². The van der Waals surface area contributed by atoms with Gasteiger partial charge in [0.05, 0.1) is 10.4 Å². The van der Waals surface area contributed by atoms with Crippen LogP contribution in [-0.2, 0) is 6.42 Å². The number of nitrogens with one attached hydrogen (secondary N) is 1. The van der Waals surface area contributed by atoms with E-state index in [1.54, 1.807) is 11.3 Å². The van der Waals surface area contributed by atoms with Crippen LogP contribution in [0.1, 0.15) is 16.5 Å². The Kier molecular flexibility index (Phi) is 2.28. The van der Waals surface area contributed by atoms with E-state index in [4.69, 9.17) is 11.6 Å². The van der Waals surface area contributed by atoms with Crippen LogP contribution in [0.4, 0.5) is 0 Å². The molecule has 0 spiro atoms. The molecule has 2 aliphatic rings. The lowest BCUT2D eigenvalue weighted by Gasteiger charge is -2.39. The summed E-state index contributed by atoms with van der Waals surface area (Å²) in [6.07, 6.45) is 1.18. The van der Waals surface area contributed by atoms with Gasteiger partial charge in [0, 0.05) is 31.1 Å². The van der Waals surface area contributed by atoms with Gasteiger partial charge in [0.2, 0.25) is 0 Å². The summed E-state index contributed by atoms with van der Waals surface area (Å²) < 4.78 is 0.947. The molecule has 76 valence electrons. The maximum atomic E-state index is 6.06. The number of rotatable bonds is 0. The Bertz CT molecular complexity index is 350. The summed E-state index contributed by atoms with van der Waals surface area (Å²) in [5.41, 5.74) is 1.48. The normalized spacial score (nSPS) is 27.1. The van der Waals surface area contributed by atoms with E-state index >= 15 is 0 Å². The van der Waals surface area contributed by atoms with Crippen LogP contribution in [0.15, 0.2) is 6.07 Å². The van der Waals surface area contributed by atoms with Gasteiger partial charge in [-0.1, -0.05) is 11.6 Å². The van der Waals surface area contributed by atoms with Crippen LogP contribution in [0.25, 0.3) is 0 Å². The fraction of sp³-hybridized carbons (Fsp3) is 0.600. The molecule has 0 saturated carbocycles. The van der Waals surface area contributed by atoms with Gasteiger partial charge in [0.1, 0.15) is 0 Å². The first kappa shape index (κ1) is 9.16. The molecule has 1 fully saturated rings. The molecule has 1 saturated heterocycles. The van der Waals surface area contributed by atoms with Crippen molar-refractivity contribution in [2.75, 3.05) is 26.2 Å². The van der Waals surface area contributed by atoms with Crippen molar-refractivity contribution in [3.8, 4) is 0 Å². The van der Waals surface area contributed by atoms with Crippen molar-refractivity contribution in [1.82, 2.24) is 10.2 Å². The summed E-state index contributed by atoms with van der Waals surface area (Å²) in [4.78, 5) is 4.07. The van der Waals surface area contributed by atoms with Gasteiger partial charge in [-0.05, 0) is 18.1 Å². The number of nitrogens with zero attached hydrogens (tertiary/aromatic N) is 1. The lowest BCUT2D eigenvalue weighted by Crippen LogP contribution is -2.48. The molecule has 4 heteroatoms. The predicted molar refractivity (Wildman–Crippen MR) is 60.2 cm³/mol. The van der Waals surface area contributed by atoms with Crippen LogP contribution in [0.5, 0.6) is 0 Å². The van der Waals surface area contributed by atoms with Crippen LogP contribution < -0.4 is 5.32 Å². The molecule has 2 nitrogen and oxygen atoms in total. The van der Waals surface area contributed by atoms with Gasteiger partial charge in [0.25, 0.3) is 0 Å². The Morgan fingerprint density at radius 2 is 2.43 bits per heavy atom. The summed E-state index contributed by atoms with van der Waals surface area (Å²) in [5.74, 6) is 0. The molecule has 1 N–H and O–H groups in total. The first-order valence-electron chi connectivity index (χ1n) is 5.07. The highest BCUT2D eigenvalue weighted by molar-refractivity contribution is 7.16. The van der Waals surface area contributed by atoms with Gasteiger partial charge in [-0.15, -0.1) is 11.3 Å². The number of hydrogen-bond donors (Lipinski definition) is 1. The average molecular weight is 229 g/mol. The molecular weight excluding hydrogens is 216 g/mol. The summed E-state index contributed by atoms with van der Waals surface area (Å²) >= 11 is 7.82. The van der Waals surface area contributed by atoms with Crippen LogP contribution in [-0.4, -0.2) is 31.1 Å². The van der Waals surface area contributed by atoms with Crippen molar-refractivity contribution in [1.29, 1.82) is 0 Å². The Labute approximate surface area is 92.9 Å². The number of piperazine rings is 1. The fourth-order valence-electron chi connectivity index (χ4n) is 2.42. The molecule has 3 rings (SSSR count). The third-order valence-electron chi connectivity index (χ3n) is 3.14. The minimum absolute atomic E-state index is 0.588. The van der Waals surface area contributed by atoms with Crippen molar-refractivity contribution in [3.63, 3.8) is 0 Å². The van der Waals surface area contributed by atoms with Gasteiger partial charge < -0.3 is 5.32 Å². The minimum Gasteiger partial charge on any atom is -0.314 e. The first-order valence-corrected chi connectivity index (χ1v) is 6.27. The zero-order valence-electron chi connectivity index (χ0n) is 7.92. The van der Waals surface area contributed by atoms with E-state index in [0.717, 1.165) is 17.4 Å². The standard InChI is InChI=1S/C10H13ClN2S/c11-9-5-7-1-3-13-4-2-12-6-8(13)10(7)14-9/h5,8,12H,1-4,6H2. The monoisotopic (exact) mass is 228 g/mol. The second-order valence-corrected chi connectivity index (χ2v) is 5.66. The minimum atomic E-state index is 0.588. The van der Waals surface area contributed by atoms with Gasteiger partial charge in [-0.25, -0.2) is 0 Å². The molecule has 0 aromatic carbocycles. The quantitative estimate of drug-likeness (QED) is 0.730. The average Bonchev–Trinajstić information content (AvgIpc) is 2.59. The van der Waals surface area contributed by atoms with E-state index in [-0.39, 0.29) is 0 Å². The molecule has 3 heterocycles. The highest BCUT2D eigenvalue weighted by atomic mass is 35.5. The third kappa shape index (κ3) is 1.39. The van der Waals surface area contributed by atoms with Gasteiger partial charge in [-0.3, -0.25) is 4.90 Å².